The van der Waals surface area contributed by atoms with Crippen molar-refractivity contribution in [3.63, 3.8) is 0 Å². The third-order valence-electron chi connectivity index (χ3n) is 1.74. The molecule has 0 spiro atoms. The van der Waals surface area contributed by atoms with Gasteiger partial charge in [0.15, 0.2) is 0 Å². The standard InChI is InChI=1S/C8H4Br6/c1-2-4(9)6(11)3(8(13)14)7(12)5(2)10/h8H,1H3. The van der Waals surface area contributed by atoms with Crippen LogP contribution >= 0.6 is 95.6 Å². The number of hydrogen-bond acceptors (Lipinski definition) is 0. The Morgan fingerprint density at radius 3 is 1.43 bits per heavy atom. The average molecular weight is 580 g/mol. The predicted molar refractivity (Wildman–Crippen MR) is 82.6 cm³/mol. The normalized spacial score (nSPS) is 11.1. The smallest absolute Gasteiger partial charge is 0.0711 e. The van der Waals surface area contributed by atoms with Gasteiger partial charge in [0, 0.05) is 23.5 Å². The molecule has 0 bridgehead atoms. The molecule has 1 rings (SSSR count). The molecule has 14 heavy (non-hydrogen) atoms. The van der Waals surface area contributed by atoms with Crippen LogP contribution in [0, 0.1) is 6.92 Å². The first-order valence-corrected chi connectivity index (χ1v) is 8.48. The van der Waals surface area contributed by atoms with Crippen LogP contribution in [0.25, 0.3) is 0 Å². The molecule has 0 saturated carbocycles. The molecule has 6 heteroatoms. The molecule has 0 aliphatic heterocycles. The molecule has 0 saturated heterocycles. The van der Waals surface area contributed by atoms with Gasteiger partial charge in [-0.25, -0.2) is 0 Å². The van der Waals surface area contributed by atoms with E-state index in [1.165, 1.54) is 0 Å². The number of hydrogen-bond donors (Lipinski definition) is 0. The van der Waals surface area contributed by atoms with Crippen LogP contribution in [-0.4, -0.2) is 0 Å². The minimum Gasteiger partial charge on any atom is -0.0711 e. The minimum atomic E-state index is 0.104. The molecule has 78 valence electrons. The van der Waals surface area contributed by atoms with E-state index in [1.54, 1.807) is 0 Å². The highest BCUT2D eigenvalue weighted by Gasteiger charge is 2.19. The summed E-state index contributed by atoms with van der Waals surface area (Å²) in [7, 11) is 0. The maximum atomic E-state index is 3.56. The van der Waals surface area contributed by atoms with Crippen molar-refractivity contribution in [1.82, 2.24) is 0 Å². The van der Waals surface area contributed by atoms with Gasteiger partial charge in [0.05, 0.1) is 3.74 Å². The Kier molecular flexibility index (Phi) is 5.69. The molecule has 0 nitrogen and oxygen atoms in total. The van der Waals surface area contributed by atoms with Crippen LogP contribution in [0.4, 0.5) is 0 Å². The second-order valence-electron chi connectivity index (χ2n) is 2.60. The Morgan fingerprint density at radius 2 is 1.14 bits per heavy atom. The lowest BCUT2D eigenvalue weighted by Gasteiger charge is -2.15. The fraction of sp³-hybridized carbons (Fsp3) is 0.250. The molecular weight excluding hydrogens is 576 g/mol. The molecule has 0 aliphatic rings. The second kappa shape index (κ2) is 5.63. The van der Waals surface area contributed by atoms with Gasteiger partial charge in [0.2, 0.25) is 0 Å². The predicted octanol–water partition coefficient (Wildman–Crippen LogP) is 6.83. The van der Waals surface area contributed by atoms with Gasteiger partial charge in [-0.05, 0) is 76.2 Å². The summed E-state index contributed by atoms with van der Waals surface area (Å²) >= 11 is 21.2. The SMILES string of the molecule is Cc1c(Br)c(Br)c(C(Br)Br)c(Br)c1Br. The summed E-state index contributed by atoms with van der Waals surface area (Å²) in [5.41, 5.74) is 2.28. The monoisotopic (exact) mass is 574 g/mol. The topological polar surface area (TPSA) is 0 Å². The van der Waals surface area contributed by atoms with Gasteiger partial charge in [0.25, 0.3) is 0 Å². The Morgan fingerprint density at radius 1 is 0.786 bits per heavy atom. The van der Waals surface area contributed by atoms with Crippen molar-refractivity contribution < 1.29 is 0 Å². The van der Waals surface area contributed by atoms with Crippen molar-refractivity contribution in [2.45, 2.75) is 10.7 Å². The average Bonchev–Trinajstić information content (AvgIpc) is 2.11. The second-order valence-corrected chi connectivity index (χ2v) is 8.83. The fourth-order valence-electron chi connectivity index (χ4n) is 0.950. The Hall–Kier alpha value is 2.10. The number of alkyl halides is 2. The number of benzene rings is 1. The van der Waals surface area contributed by atoms with Crippen LogP contribution in [0.1, 0.15) is 14.9 Å². The molecule has 0 radical (unpaired) electrons. The van der Waals surface area contributed by atoms with Crippen molar-refractivity contribution in [3.05, 3.63) is 29.0 Å². The quantitative estimate of drug-likeness (QED) is 0.253. The van der Waals surface area contributed by atoms with Gasteiger partial charge < -0.3 is 0 Å². The van der Waals surface area contributed by atoms with Gasteiger partial charge in [0.1, 0.15) is 0 Å². The molecule has 0 N–H and O–H groups in total. The zero-order chi connectivity index (χ0) is 11.0. The summed E-state index contributed by atoms with van der Waals surface area (Å²) < 4.78 is 4.32. The molecule has 0 aromatic heterocycles. The van der Waals surface area contributed by atoms with Crippen LogP contribution in [0.3, 0.4) is 0 Å². The van der Waals surface area contributed by atoms with Crippen LogP contribution in [0.15, 0.2) is 17.9 Å². The van der Waals surface area contributed by atoms with Crippen LogP contribution in [0.5, 0.6) is 0 Å². The van der Waals surface area contributed by atoms with E-state index in [0.29, 0.717) is 0 Å². The van der Waals surface area contributed by atoms with Crippen molar-refractivity contribution in [2.75, 3.05) is 0 Å². The van der Waals surface area contributed by atoms with E-state index in [9.17, 15) is 0 Å². The Balaban J connectivity index is 3.60. The summed E-state index contributed by atoms with van der Waals surface area (Å²) in [6.07, 6.45) is 0. The number of halogens is 6. The molecule has 0 atom stereocenters. The first-order chi connectivity index (χ1) is 6.37. The lowest BCUT2D eigenvalue weighted by Crippen LogP contribution is -1.92. The number of rotatable bonds is 1. The molecular formula is C8H4Br6. The highest BCUT2D eigenvalue weighted by Crippen LogP contribution is 2.47. The first-order valence-electron chi connectivity index (χ1n) is 3.48. The summed E-state index contributed by atoms with van der Waals surface area (Å²) in [6.45, 7) is 2.05. The van der Waals surface area contributed by atoms with Crippen molar-refractivity contribution in [2.24, 2.45) is 0 Å². The van der Waals surface area contributed by atoms with Crippen LogP contribution < -0.4 is 0 Å². The highest BCUT2D eigenvalue weighted by atomic mass is 79.9. The lowest BCUT2D eigenvalue weighted by molar-refractivity contribution is 1.26. The molecule has 1 aromatic carbocycles. The van der Waals surface area contributed by atoms with Gasteiger partial charge >= 0.3 is 0 Å². The van der Waals surface area contributed by atoms with Crippen molar-refractivity contribution in [3.8, 4) is 0 Å². The third-order valence-corrected chi connectivity index (χ3v) is 7.34. The zero-order valence-corrected chi connectivity index (χ0v) is 16.4. The van der Waals surface area contributed by atoms with E-state index in [4.69, 9.17) is 0 Å². The van der Waals surface area contributed by atoms with Crippen molar-refractivity contribution in [1.29, 1.82) is 0 Å². The summed E-state index contributed by atoms with van der Waals surface area (Å²) in [6, 6.07) is 0. The van der Waals surface area contributed by atoms with E-state index in [1.807, 2.05) is 6.92 Å². The van der Waals surface area contributed by atoms with Gasteiger partial charge in [-0.15, -0.1) is 0 Å². The van der Waals surface area contributed by atoms with Crippen molar-refractivity contribution >= 4 is 95.6 Å². The summed E-state index contributed by atoms with van der Waals surface area (Å²) in [5, 5.41) is 0. The fourth-order valence-corrected chi connectivity index (χ4v) is 5.90. The summed E-state index contributed by atoms with van der Waals surface area (Å²) in [5.74, 6) is 0. The molecule has 0 amide bonds. The van der Waals surface area contributed by atoms with E-state index in [0.717, 1.165) is 29.0 Å². The zero-order valence-electron chi connectivity index (χ0n) is 6.85. The lowest BCUT2D eigenvalue weighted by atomic mass is 10.2. The van der Waals surface area contributed by atoms with Gasteiger partial charge in [-0.1, -0.05) is 31.9 Å². The summed E-state index contributed by atoms with van der Waals surface area (Å²) in [4.78, 5) is 0. The van der Waals surface area contributed by atoms with Crippen LogP contribution in [-0.2, 0) is 0 Å². The maximum absolute atomic E-state index is 3.56. The molecule has 0 heterocycles. The van der Waals surface area contributed by atoms with E-state index < -0.39 is 0 Å². The Labute approximate surface area is 133 Å². The maximum Gasteiger partial charge on any atom is 0.0969 e. The van der Waals surface area contributed by atoms with Gasteiger partial charge in [-0.2, -0.15) is 0 Å². The molecule has 0 aliphatic carbocycles. The molecule has 0 fully saturated rings. The van der Waals surface area contributed by atoms with E-state index in [2.05, 4.69) is 95.6 Å². The van der Waals surface area contributed by atoms with E-state index in [-0.39, 0.29) is 3.74 Å². The van der Waals surface area contributed by atoms with Gasteiger partial charge in [-0.3, -0.25) is 0 Å². The minimum absolute atomic E-state index is 0.104. The highest BCUT2D eigenvalue weighted by molar-refractivity contribution is 9.24. The van der Waals surface area contributed by atoms with Crippen LogP contribution in [0.2, 0.25) is 0 Å². The molecule has 0 unspecified atom stereocenters. The molecule has 1 aromatic rings. The van der Waals surface area contributed by atoms with E-state index >= 15 is 0 Å². The largest absolute Gasteiger partial charge is 0.0969 e. The third kappa shape index (κ3) is 2.67. The Bertz CT molecular complexity index is 342. The first kappa shape index (κ1) is 14.2.